The van der Waals surface area contributed by atoms with Gasteiger partial charge in [-0.25, -0.2) is 0 Å². The molecule has 0 N–H and O–H groups in total. The van der Waals surface area contributed by atoms with Crippen molar-refractivity contribution in [1.82, 2.24) is 0 Å². The molecule has 36 heavy (non-hydrogen) atoms. The van der Waals surface area contributed by atoms with E-state index in [-0.39, 0.29) is 5.04 Å². The van der Waals surface area contributed by atoms with Crippen LogP contribution in [0.25, 0.3) is 23.3 Å². The highest BCUT2D eigenvalue weighted by Gasteiger charge is 2.36. The maximum Gasteiger partial charge on any atom is 0.192 e. The van der Waals surface area contributed by atoms with Crippen LogP contribution in [-0.2, 0) is 4.43 Å². The molecule has 0 saturated carbocycles. The second-order valence-corrected chi connectivity index (χ2v) is 15.2. The molecule has 0 aliphatic rings. The van der Waals surface area contributed by atoms with Gasteiger partial charge >= 0.3 is 0 Å². The lowest BCUT2D eigenvalue weighted by Crippen LogP contribution is -2.41. The van der Waals surface area contributed by atoms with E-state index in [4.69, 9.17) is 9.16 Å². The number of carbonyl (C=O) groups is 1. The Hall–Kier alpha value is -3.46. The van der Waals surface area contributed by atoms with E-state index in [2.05, 4.69) is 39.9 Å². The van der Waals surface area contributed by atoms with E-state index in [1.54, 1.807) is 0 Å². The highest BCUT2D eigenvalue weighted by molar-refractivity contribution is 6.74. The molecule has 0 atom stereocenters. The molecule has 0 aliphatic heterocycles. The zero-order chi connectivity index (χ0) is 26.3. The van der Waals surface area contributed by atoms with Crippen molar-refractivity contribution in [3.05, 3.63) is 88.5 Å². The van der Waals surface area contributed by atoms with Crippen LogP contribution in [0.5, 0.6) is 5.75 Å². The average molecular weight is 498 g/mol. The Morgan fingerprint density at radius 2 is 1.61 bits per heavy atom. The first kappa shape index (κ1) is 27.1. The molecule has 0 bridgehead atoms. The standard InChI is InChI=1S/C31H35NO3Si/c1-23-19-30(34-17-18-35-36(5,6)31(2,3)4)27(22-33)20-26(23)16-15-25-13-10-14-28(29(25)21-32)24-11-8-7-9-12-24/h7-16,19-20,22H,17-18H2,1-6H3/b16-15+. The Labute approximate surface area is 216 Å². The van der Waals surface area contributed by atoms with Crippen molar-refractivity contribution in [1.29, 1.82) is 5.26 Å². The number of nitriles is 1. The van der Waals surface area contributed by atoms with Gasteiger partial charge in [0, 0.05) is 5.56 Å². The molecule has 0 radical (unpaired) electrons. The van der Waals surface area contributed by atoms with Gasteiger partial charge < -0.3 is 9.16 Å². The largest absolute Gasteiger partial charge is 0.490 e. The second kappa shape index (κ2) is 11.5. The second-order valence-electron chi connectivity index (χ2n) is 10.4. The van der Waals surface area contributed by atoms with E-state index in [1.165, 1.54) is 0 Å². The van der Waals surface area contributed by atoms with Crippen molar-refractivity contribution in [2.75, 3.05) is 13.2 Å². The van der Waals surface area contributed by atoms with Gasteiger partial charge in [-0.3, -0.25) is 4.79 Å². The quantitative estimate of drug-likeness (QED) is 0.130. The molecular weight excluding hydrogens is 462 g/mol. The number of hydrogen-bond donors (Lipinski definition) is 0. The van der Waals surface area contributed by atoms with Gasteiger partial charge in [0.2, 0.25) is 0 Å². The molecule has 186 valence electrons. The Kier molecular flexibility index (Phi) is 8.68. The fourth-order valence-corrected chi connectivity index (χ4v) is 4.68. The smallest absolute Gasteiger partial charge is 0.192 e. The van der Waals surface area contributed by atoms with E-state index in [0.29, 0.717) is 30.1 Å². The first-order chi connectivity index (χ1) is 17.1. The summed E-state index contributed by atoms with van der Waals surface area (Å²) >= 11 is 0. The predicted molar refractivity (Wildman–Crippen MR) is 151 cm³/mol. The Balaban J connectivity index is 1.79. The predicted octanol–water partition coefficient (Wildman–Crippen LogP) is 7.92. The van der Waals surface area contributed by atoms with Gasteiger partial charge in [-0.1, -0.05) is 81.5 Å². The van der Waals surface area contributed by atoms with E-state index >= 15 is 0 Å². The Morgan fingerprint density at radius 1 is 0.917 bits per heavy atom. The van der Waals surface area contributed by atoms with Gasteiger partial charge in [0.15, 0.2) is 14.6 Å². The number of aldehydes is 1. The SMILES string of the molecule is Cc1cc(OCCO[Si](C)(C)C(C)(C)C)c(C=O)cc1/C=C/c1cccc(-c2ccccc2)c1C#N. The van der Waals surface area contributed by atoms with Gasteiger partial charge in [-0.15, -0.1) is 0 Å². The number of aryl methyl sites for hydroxylation is 1. The minimum absolute atomic E-state index is 0.136. The van der Waals surface area contributed by atoms with Gasteiger partial charge in [0.25, 0.3) is 0 Å². The van der Waals surface area contributed by atoms with Crippen molar-refractivity contribution in [3.8, 4) is 22.9 Å². The maximum atomic E-state index is 11.8. The van der Waals surface area contributed by atoms with Crippen LogP contribution in [-0.4, -0.2) is 27.8 Å². The van der Waals surface area contributed by atoms with Crippen LogP contribution >= 0.6 is 0 Å². The third-order valence-electron chi connectivity index (χ3n) is 6.87. The molecule has 3 aromatic carbocycles. The van der Waals surface area contributed by atoms with Crippen LogP contribution in [0.4, 0.5) is 0 Å². The van der Waals surface area contributed by atoms with Crippen LogP contribution in [0.3, 0.4) is 0 Å². The first-order valence-electron chi connectivity index (χ1n) is 12.2. The molecule has 0 fully saturated rings. The molecule has 0 aromatic heterocycles. The number of benzene rings is 3. The summed E-state index contributed by atoms with van der Waals surface area (Å²) in [5.41, 5.74) is 5.72. The maximum absolute atomic E-state index is 11.8. The van der Waals surface area contributed by atoms with Crippen LogP contribution in [0.1, 0.15) is 53.4 Å². The zero-order valence-corrected chi connectivity index (χ0v) is 23.1. The lowest BCUT2D eigenvalue weighted by Gasteiger charge is -2.36. The monoisotopic (exact) mass is 497 g/mol. The fraction of sp³-hybridized carbons (Fsp3) is 0.290. The lowest BCUT2D eigenvalue weighted by molar-refractivity contribution is 0.111. The highest BCUT2D eigenvalue weighted by Crippen LogP contribution is 2.36. The molecule has 0 amide bonds. The normalized spacial score (nSPS) is 11.9. The van der Waals surface area contributed by atoms with Crippen LogP contribution in [0.15, 0.2) is 60.7 Å². The van der Waals surface area contributed by atoms with Crippen molar-refractivity contribution >= 4 is 26.8 Å². The topological polar surface area (TPSA) is 59.3 Å². The molecule has 5 heteroatoms. The Bertz CT molecular complexity index is 1280. The summed E-state index contributed by atoms with van der Waals surface area (Å²) in [7, 11) is -1.84. The summed E-state index contributed by atoms with van der Waals surface area (Å²) in [6, 6.07) is 21.8. The van der Waals surface area contributed by atoms with Gasteiger partial charge in [0.1, 0.15) is 18.4 Å². The lowest BCUT2D eigenvalue weighted by atomic mass is 9.95. The van der Waals surface area contributed by atoms with E-state index in [1.807, 2.05) is 79.7 Å². The number of carbonyl (C=O) groups excluding carboxylic acids is 1. The van der Waals surface area contributed by atoms with E-state index < -0.39 is 8.32 Å². The first-order valence-corrected chi connectivity index (χ1v) is 15.1. The number of rotatable bonds is 9. The minimum Gasteiger partial charge on any atom is -0.490 e. The van der Waals surface area contributed by atoms with Crippen molar-refractivity contribution < 1.29 is 14.0 Å². The molecule has 3 rings (SSSR count). The third-order valence-corrected chi connectivity index (χ3v) is 11.4. The summed E-state index contributed by atoms with van der Waals surface area (Å²) in [5, 5.41) is 10.0. The minimum atomic E-state index is -1.84. The van der Waals surface area contributed by atoms with Gasteiger partial charge in [-0.05, 0) is 59.4 Å². The van der Waals surface area contributed by atoms with Crippen LogP contribution in [0.2, 0.25) is 18.1 Å². The molecule has 0 heterocycles. The number of ether oxygens (including phenoxy) is 1. The number of nitrogens with zero attached hydrogens (tertiary/aromatic N) is 1. The summed E-state index contributed by atoms with van der Waals surface area (Å²) < 4.78 is 12.1. The van der Waals surface area contributed by atoms with E-state index in [0.717, 1.165) is 34.1 Å². The highest BCUT2D eigenvalue weighted by atomic mass is 28.4. The van der Waals surface area contributed by atoms with Gasteiger partial charge in [-0.2, -0.15) is 5.26 Å². The van der Waals surface area contributed by atoms with Crippen molar-refractivity contribution in [3.63, 3.8) is 0 Å². The summed E-state index contributed by atoms with van der Waals surface area (Å²) in [6.45, 7) is 13.9. The van der Waals surface area contributed by atoms with Crippen LogP contribution < -0.4 is 4.74 Å². The molecular formula is C31H35NO3Si. The number of hydrogen-bond acceptors (Lipinski definition) is 4. The third kappa shape index (κ3) is 6.40. The van der Waals surface area contributed by atoms with Crippen LogP contribution in [0, 0.1) is 18.3 Å². The molecule has 0 unspecified atom stereocenters. The zero-order valence-electron chi connectivity index (χ0n) is 22.1. The molecule has 0 aliphatic carbocycles. The fourth-order valence-electron chi connectivity index (χ4n) is 3.65. The van der Waals surface area contributed by atoms with E-state index in [9.17, 15) is 10.1 Å². The van der Waals surface area contributed by atoms with Crippen molar-refractivity contribution in [2.45, 2.75) is 45.8 Å². The van der Waals surface area contributed by atoms with Crippen molar-refractivity contribution in [2.24, 2.45) is 0 Å². The summed E-state index contributed by atoms with van der Waals surface area (Å²) in [4.78, 5) is 11.8. The summed E-state index contributed by atoms with van der Waals surface area (Å²) in [6.07, 6.45) is 4.69. The molecule has 4 nitrogen and oxygen atoms in total. The Morgan fingerprint density at radius 3 is 2.25 bits per heavy atom. The van der Waals surface area contributed by atoms with Gasteiger partial charge in [0.05, 0.1) is 17.7 Å². The average Bonchev–Trinajstić information content (AvgIpc) is 2.85. The molecule has 0 saturated heterocycles. The summed E-state index contributed by atoms with van der Waals surface area (Å²) in [5.74, 6) is 0.558. The molecule has 3 aromatic rings. The molecule has 0 spiro atoms.